The first-order chi connectivity index (χ1) is 40.9. The minimum absolute atomic E-state index is 0.0446. The molecule has 442 valence electrons. The van der Waals surface area contributed by atoms with E-state index in [1.807, 2.05) is 43.3 Å². The number of aryl methyl sites for hydroxylation is 1. The maximum Gasteiger partial charge on any atom is 0.264 e. The zero-order valence-corrected chi connectivity index (χ0v) is 50.9. The van der Waals surface area contributed by atoms with Crippen LogP contribution in [0, 0.1) is 6.92 Å². The van der Waals surface area contributed by atoms with Crippen LogP contribution in [-0.4, -0.2) is 154 Å². The lowest BCUT2D eigenvalue weighted by Gasteiger charge is -2.30. The van der Waals surface area contributed by atoms with Crippen molar-refractivity contribution in [3.05, 3.63) is 173 Å². The largest absolute Gasteiger partial charge is 0.382 e. The van der Waals surface area contributed by atoms with Crippen molar-refractivity contribution >= 4 is 74.2 Å². The molecule has 6 heterocycles. The second-order valence-electron chi connectivity index (χ2n) is 21.6. The number of nitrogens with one attached hydrogen (secondary N) is 2. The number of carbonyl (C=O) groups is 3. The molecule has 0 spiro atoms. The first-order valence-corrected chi connectivity index (χ1v) is 31.5. The van der Waals surface area contributed by atoms with Gasteiger partial charge in [-0.1, -0.05) is 81.1 Å². The smallest absolute Gasteiger partial charge is 0.264 e. The summed E-state index contributed by atoms with van der Waals surface area (Å²) >= 11 is 0. The van der Waals surface area contributed by atoms with Gasteiger partial charge in [-0.25, -0.2) is 9.97 Å². The number of aromatic nitrogens is 4. The Balaban J connectivity index is 0.999. The van der Waals surface area contributed by atoms with Crippen molar-refractivity contribution in [3.8, 4) is 0 Å². The SMILES string of the molecule is C=CC1=C(C)c2cc3[nH]c(c4c5[nH]c(cc6nc(cc1n2)C(C)=C6CC)c(C)c5C(=O)N(CCC[P+](c1ccccc1)(c1ccccc1)c1ccccc1)C4=O)[C@@H](CCC(=O)N(C)CCOCCOCCOCCOCCOCCOC)[C@@H]3C. The lowest BCUT2D eigenvalue weighted by atomic mass is 9.84. The van der Waals surface area contributed by atoms with E-state index in [1.54, 1.807) is 19.1 Å². The lowest BCUT2D eigenvalue weighted by molar-refractivity contribution is -0.130. The highest BCUT2D eigenvalue weighted by Gasteiger charge is 2.46. The third-order valence-corrected chi connectivity index (χ3v) is 21.1. The Morgan fingerprint density at radius 3 is 1.75 bits per heavy atom. The average molecular weight is 1160 g/mol. The van der Waals surface area contributed by atoms with Crippen LogP contribution in [0.4, 0.5) is 0 Å². The van der Waals surface area contributed by atoms with E-state index in [1.165, 1.54) is 20.8 Å². The Kier molecular flexibility index (Phi) is 21.4. The molecular weight excluding hydrogens is 1080 g/mol. The fourth-order valence-electron chi connectivity index (χ4n) is 11.9. The Hall–Kier alpha value is -6.94. The van der Waals surface area contributed by atoms with Crippen molar-refractivity contribution in [2.75, 3.05) is 106 Å². The van der Waals surface area contributed by atoms with Gasteiger partial charge in [0, 0.05) is 74.4 Å². The molecule has 9 rings (SSSR count). The van der Waals surface area contributed by atoms with Gasteiger partial charge in [0.15, 0.2) is 0 Å². The first-order valence-electron chi connectivity index (χ1n) is 29.5. The molecule has 0 unspecified atom stereocenters. The summed E-state index contributed by atoms with van der Waals surface area (Å²) in [5.74, 6) is -1.26. The molecule has 2 atom stereocenters. The number of amides is 3. The number of ether oxygens (including phenoxy) is 6. The number of allylic oxidation sites excluding steroid dienone is 5. The van der Waals surface area contributed by atoms with Crippen LogP contribution in [0.15, 0.2) is 122 Å². The van der Waals surface area contributed by atoms with Crippen molar-refractivity contribution in [1.82, 2.24) is 29.7 Å². The Labute approximate surface area is 495 Å². The van der Waals surface area contributed by atoms with Crippen LogP contribution in [0.5, 0.6) is 0 Å². The number of methoxy groups -OCH3 is 1. The molecule has 3 aromatic carbocycles. The summed E-state index contributed by atoms with van der Waals surface area (Å²) in [4.78, 5) is 66.5. The van der Waals surface area contributed by atoms with E-state index in [0.29, 0.717) is 126 Å². The Morgan fingerprint density at radius 1 is 0.679 bits per heavy atom. The van der Waals surface area contributed by atoms with Gasteiger partial charge in [0.25, 0.3) is 11.8 Å². The van der Waals surface area contributed by atoms with Crippen molar-refractivity contribution in [1.29, 1.82) is 0 Å². The Morgan fingerprint density at radius 2 is 1.20 bits per heavy atom. The van der Waals surface area contributed by atoms with Crippen molar-refractivity contribution in [2.24, 2.45) is 0 Å². The van der Waals surface area contributed by atoms with Crippen molar-refractivity contribution in [2.45, 2.75) is 72.1 Å². The summed E-state index contributed by atoms with van der Waals surface area (Å²) in [6.07, 6.45) is 4.48. The third kappa shape index (κ3) is 13.6. The molecule has 15 nitrogen and oxygen atoms in total. The minimum atomic E-state index is -2.30. The van der Waals surface area contributed by atoms with Crippen molar-refractivity contribution in [3.63, 3.8) is 0 Å². The molecular formula is C68H82N6O9P+. The van der Waals surface area contributed by atoms with E-state index in [2.05, 4.69) is 123 Å². The van der Waals surface area contributed by atoms with E-state index >= 15 is 9.59 Å². The number of carbonyl (C=O) groups excluding carboxylic acids is 3. The van der Waals surface area contributed by atoms with Gasteiger partial charge in [-0.05, 0) is 110 Å². The summed E-state index contributed by atoms with van der Waals surface area (Å²) in [5, 5.41) is 3.70. The number of likely N-dealkylation sites (N-methyl/N-ethyl adjacent to an activating group) is 1. The zero-order valence-electron chi connectivity index (χ0n) is 50.0. The van der Waals surface area contributed by atoms with E-state index < -0.39 is 7.26 Å². The molecule has 2 aromatic heterocycles. The summed E-state index contributed by atoms with van der Waals surface area (Å²) < 4.78 is 33.0. The van der Waals surface area contributed by atoms with Gasteiger partial charge in [-0.15, -0.1) is 0 Å². The second kappa shape index (κ2) is 29.2. The van der Waals surface area contributed by atoms with E-state index in [9.17, 15) is 4.79 Å². The van der Waals surface area contributed by atoms with Crippen LogP contribution in [0.2, 0.25) is 0 Å². The van der Waals surface area contributed by atoms with Crippen LogP contribution < -0.4 is 15.9 Å². The molecule has 0 saturated carbocycles. The number of hydrogen-bond donors (Lipinski definition) is 2. The van der Waals surface area contributed by atoms with Gasteiger partial charge < -0.3 is 43.3 Å². The molecule has 4 aliphatic rings. The quantitative estimate of drug-likeness (QED) is 0.0255. The number of hydrogen-bond acceptors (Lipinski definition) is 11. The standard InChI is InChI=1S/C68H81N6O9P/c1-9-53-46(3)56-43-58-48(5)55(27-28-62(75)73(7)30-31-79-34-35-81-38-39-83-41-40-82-37-36-80-33-32-78-8)65(71-58)64-66-63(49(6)59(72-66)45-61-54(10-2)47(4)57(70-61)44-60(53)69-56)67(76)74(68(64)77)29-20-42-84(50-21-14-11-15-22-50,51-23-16-12-17-24-51)52-25-18-13-19-26-52/h9,11-19,21-26,43-45,48,55H,1,10,20,27-42H2,2-8H3,(H-,69,70,71,72,76,77)/p+1/t48-,55-/m0/s1. The molecule has 0 aliphatic carbocycles. The van der Waals surface area contributed by atoms with Crippen LogP contribution >= 0.6 is 7.26 Å². The Bertz CT molecular complexity index is 3310. The highest BCUT2D eigenvalue weighted by Crippen LogP contribution is 2.56. The number of aromatic amines is 2. The summed E-state index contributed by atoms with van der Waals surface area (Å²) in [5.41, 5.74) is 11.5. The highest BCUT2D eigenvalue weighted by atomic mass is 31.2. The topological polar surface area (TPSA) is 170 Å². The normalized spacial score (nSPS) is 15.5. The van der Waals surface area contributed by atoms with E-state index in [0.717, 1.165) is 62.7 Å². The maximum atomic E-state index is 15.9. The van der Waals surface area contributed by atoms with Crippen LogP contribution in [0.3, 0.4) is 0 Å². The molecule has 0 radical (unpaired) electrons. The monoisotopic (exact) mass is 1160 g/mol. The number of H-pyrrole nitrogens is 2. The lowest BCUT2D eigenvalue weighted by Crippen LogP contribution is -2.42. The number of fused-ring (bicyclic) bond motifs is 8. The van der Waals surface area contributed by atoms with Crippen LogP contribution in [0.1, 0.15) is 126 Å². The molecule has 0 saturated heterocycles. The molecule has 16 heteroatoms. The summed E-state index contributed by atoms with van der Waals surface area (Å²) in [6, 6.07) is 38.2. The predicted octanol–water partition coefficient (Wildman–Crippen LogP) is 10.6. The van der Waals surface area contributed by atoms with Gasteiger partial charge in [-0.3, -0.25) is 19.3 Å². The van der Waals surface area contributed by atoms with Gasteiger partial charge in [0.2, 0.25) is 5.91 Å². The fourth-order valence-corrected chi connectivity index (χ4v) is 16.2. The third-order valence-electron chi connectivity index (χ3n) is 16.6. The molecule has 3 amide bonds. The summed E-state index contributed by atoms with van der Waals surface area (Å²) in [7, 11) is 1.13. The minimum Gasteiger partial charge on any atom is -0.382 e. The average Bonchev–Trinajstić information content (AvgIpc) is 4.07. The van der Waals surface area contributed by atoms with Crippen molar-refractivity contribution < 1.29 is 42.8 Å². The molecule has 84 heavy (non-hydrogen) atoms. The summed E-state index contributed by atoms with van der Waals surface area (Å²) in [6.45, 7) is 20.2. The molecule has 2 N–H and O–H groups in total. The zero-order chi connectivity index (χ0) is 59.2. The number of imide groups is 1. The van der Waals surface area contributed by atoms with E-state index in [4.69, 9.17) is 38.4 Å². The van der Waals surface area contributed by atoms with E-state index in [-0.39, 0.29) is 42.5 Å². The number of benzene rings is 3. The fraction of sp³-hybridized carbons (Fsp3) is 0.397. The van der Waals surface area contributed by atoms with Crippen LogP contribution in [-0.2, 0) is 33.2 Å². The van der Waals surface area contributed by atoms with Gasteiger partial charge >= 0.3 is 0 Å². The maximum absolute atomic E-state index is 15.9. The molecule has 8 bridgehead atoms. The second-order valence-corrected chi connectivity index (χ2v) is 25.3. The molecule has 5 aromatic rings. The first kappa shape index (κ1) is 61.6. The van der Waals surface area contributed by atoms with Gasteiger partial charge in [0.05, 0.1) is 118 Å². The number of rotatable bonds is 30. The molecule has 0 fully saturated rings. The van der Waals surface area contributed by atoms with Gasteiger partial charge in [-0.2, -0.15) is 0 Å². The highest BCUT2D eigenvalue weighted by molar-refractivity contribution is 7.95. The molecule has 4 aliphatic heterocycles. The predicted molar refractivity (Wildman–Crippen MR) is 337 cm³/mol. The number of nitrogens with zero attached hydrogens (tertiary/aromatic N) is 4. The van der Waals surface area contributed by atoms with Crippen LogP contribution in [0.25, 0.3) is 33.3 Å². The van der Waals surface area contributed by atoms with Gasteiger partial charge in [0.1, 0.15) is 23.2 Å².